The van der Waals surface area contributed by atoms with Crippen molar-refractivity contribution in [2.45, 2.75) is 210 Å². The molecule has 17 nitrogen and oxygen atoms in total. The Morgan fingerprint density at radius 2 is 1.12 bits per heavy atom. The number of unbranched alkanes of at least 4 members (excludes halogenated alkanes) is 15. The number of ether oxygens (including phenoxy) is 2. The molecule has 0 amide bonds. The van der Waals surface area contributed by atoms with Crippen LogP contribution in [0, 0.1) is 0 Å². The zero-order valence-corrected chi connectivity index (χ0v) is 41.0. The number of carbonyl (C=O) groups excluding carboxylic acids is 2. The lowest BCUT2D eigenvalue weighted by atomic mass is 9.85. The molecule has 1 saturated carbocycles. The normalized spacial score (nSPS) is 22.5. The molecule has 0 aliphatic heterocycles. The molecule has 0 spiro atoms. The first-order valence-corrected chi connectivity index (χ1v) is 27.0. The Labute approximate surface area is 392 Å². The molecule has 66 heavy (non-hydrogen) atoms. The van der Waals surface area contributed by atoms with Crippen LogP contribution in [0.3, 0.4) is 0 Å². The van der Waals surface area contributed by atoms with Crippen LogP contribution in [0.2, 0.25) is 0 Å². The van der Waals surface area contributed by atoms with Crippen LogP contribution >= 0.6 is 15.6 Å². The Balaban J connectivity index is 2.67. The highest BCUT2D eigenvalue weighted by atomic mass is 31.2. The largest absolute Gasteiger partial charge is 0.472 e. The summed E-state index contributed by atoms with van der Waals surface area (Å²) in [5.41, 5.74) is 0. The molecule has 0 aromatic rings. The van der Waals surface area contributed by atoms with E-state index in [2.05, 4.69) is 42.7 Å². The van der Waals surface area contributed by atoms with E-state index in [1.807, 2.05) is 12.2 Å². The maximum absolute atomic E-state index is 13.0. The molecule has 0 bridgehead atoms. The van der Waals surface area contributed by atoms with Crippen LogP contribution in [0.5, 0.6) is 0 Å². The Morgan fingerprint density at radius 3 is 1.74 bits per heavy atom. The molecule has 1 fully saturated rings. The SMILES string of the molecule is CC/C=C\CCCCCCCCCCCCCC(=O)OC[C@H](COP(=O)(O)O[C@H]1C(O)C(O)C(O)[C@@H](OP(=O)(O)O)C1O)OC(=O)CCC/C=C/C=C\C(O)C/C=C\C/C=C\CCCCC. The molecule has 1 rings (SSSR count). The van der Waals surface area contributed by atoms with Gasteiger partial charge in [-0.25, -0.2) is 9.13 Å². The molecule has 382 valence electrons. The van der Waals surface area contributed by atoms with Gasteiger partial charge in [-0.05, 0) is 64.2 Å². The average Bonchev–Trinajstić information content (AvgIpc) is 3.27. The van der Waals surface area contributed by atoms with Gasteiger partial charge >= 0.3 is 27.6 Å². The number of rotatable bonds is 39. The second kappa shape index (κ2) is 37.5. The van der Waals surface area contributed by atoms with Gasteiger partial charge in [-0.2, -0.15) is 0 Å². The maximum atomic E-state index is 13.0. The number of hydrogen-bond acceptors (Lipinski definition) is 14. The van der Waals surface area contributed by atoms with Crippen molar-refractivity contribution in [2.24, 2.45) is 0 Å². The molecular formula is C47H82O17P2. The van der Waals surface area contributed by atoms with Crippen LogP contribution in [-0.2, 0) is 41.8 Å². The number of hydrogen-bond donors (Lipinski definition) is 8. The minimum absolute atomic E-state index is 0.0887. The summed E-state index contributed by atoms with van der Waals surface area (Å²) in [6.45, 7) is 2.87. The molecule has 9 atom stereocenters. The highest BCUT2D eigenvalue weighted by molar-refractivity contribution is 7.47. The first-order valence-electron chi connectivity index (χ1n) is 23.9. The summed E-state index contributed by atoms with van der Waals surface area (Å²) < 4.78 is 49.3. The van der Waals surface area contributed by atoms with E-state index >= 15 is 0 Å². The fourth-order valence-electron chi connectivity index (χ4n) is 6.92. The fourth-order valence-corrected chi connectivity index (χ4v) is 8.46. The summed E-state index contributed by atoms with van der Waals surface area (Å²) in [6, 6.07) is 0. The van der Waals surface area contributed by atoms with Crippen LogP contribution in [0.1, 0.15) is 162 Å². The topological polar surface area (TPSA) is 276 Å². The predicted molar refractivity (Wildman–Crippen MR) is 252 cm³/mol. The molecule has 1 aliphatic rings. The van der Waals surface area contributed by atoms with Gasteiger partial charge in [0.15, 0.2) is 6.10 Å². The molecule has 8 N–H and O–H groups in total. The average molecular weight is 981 g/mol. The Hall–Kier alpha value is -2.34. The second-order valence-corrected chi connectivity index (χ2v) is 19.2. The van der Waals surface area contributed by atoms with Crippen molar-refractivity contribution in [1.29, 1.82) is 0 Å². The van der Waals surface area contributed by atoms with E-state index in [0.29, 0.717) is 25.7 Å². The number of esters is 2. The molecular weight excluding hydrogens is 898 g/mol. The summed E-state index contributed by atoms with van der Waals surface area (Å²) in [4.78, 5) is 54.3. The van der Waals surface area contributed by atoms with Gasteiger partial charge in [0, 0.05) is 12.8 Å². The van der Waals surface area contributed by atoms with E-state index in [0.717, 1.165) is 51.4 Å². The summed E-state index contributed by atoms with van der Waals surface area (Å²) in [7, 11) is -10.7. The van der Waals surface area contributed by atoms with Gasteiger partial charge in [0.25, 0.3) is 0 Å². The van der Waals surface area contributed by atoms with Crippen LogP contribution in [-0.4, -0.2) is 114 Å². The summed E-state index contributed by atoms with van der Waals surface area (Å²) in [5, 5.41) is 51.4. The zero-order valence-electron chi connectivity index (χ0n) is 39.2. The molecule has 0 aromatic carbocycles. The second-order valence-electron chi connectivity index (χ2n) is 16.6. The number of aliphatic hydroxyl groups is 5. The monoisotopic (exact) mass is 981 g/mol. The number of phosphoric acid groups is 2. The number of allylic oxidation sites excluding steroid dienone is 8. The molecule has 1 aliphatic carbocycles. The highest BCUT2D eigenvalue weighted by Crippen LogP contribution is 2.49. The lowest BCUT2D eigenvalue weighted by Crippen LogP contribution is -2.64. The van der Waals surface area contributed by atoms with Crippen molar-refractivity contribution in [1.82, 2.24) is 0 Å². The van der Waals surface area contributed by atoms with Crippen molar-refractivity contribution in [2.75, 3.05) is 13.2 Å². The van der Waals surface area contributed by atoms with Crippen molar-refractivity contribution in [3.8, 4) is 0 Å². The minimum atomic E-state index is -5.38. The quantitative estimate of drug-likeness (QED) is 0.00951. The van der Waals surface area contributed by atoms with E-state index in [-0.39, 0.29) is 12.8 Å². The highest BCUT2D eigenvalue weighted by Gasteiger charge is 2.54. The number of phosphoric ester groups is 2. The smallest absolute Gasteiger partial charge is 0.462 e. The van der Waals surface area contributed by atoms with Gasteiger partial charge in [0.2, 0.25) is 0 Å². The third-order valence-corrected chi connectivity index (χ3v) is 12.2. The predicted octanol–water partition coefficient (Wildman–Crippen LogP) is 8.03. The van der Waals surface area contributed by atoms with Crippen LogP contribution in [0.4, 0.5) is 0 Å². The third kappa shape index (κ3) is 31.7. The van der Waals surface area contributed by atoms with Gasteiger partial charge in [0.05, 0.1) is 12.7 Å². The molecule has 0 aromatic heterocycles. The summed E-state index contributed by atoms with van der Waals surface area (Å²) in [6.07, 6.45) is 24.9. The van der Waals surface area contributed by atoms with E-state index in [1.54, 1.807) is 24.3 Å². The van der Waals surface area contributed by atoms with Crippen molar-refractivity contribution in [3.05, 3.63) is 60.8 Å². The van der Waals surface area contributed by atoms with Crippen LogP contribution in [0.15, 0.2) is 60.8 Å². The molecule has 6 unspecified atom stereocenters. The van der Waals surface area contributed by atoms with Crippen LogP contribution in [0.25, 0.3) is 0 Å². The summed E-state index contributed by atoms with van der Waals surface area (Å²) in [5.74, 6) is -1.34. The zero-order chi connectivity index (χ0) is 49.1. The first kappa shape index (κ1) is 61.7. The molecule has 0 heterocycles. The van der Waals surface area contributed by atoms with Crippen molar-refractivity contribution >= 4 is 27.6 Å². The van der Waals surface area contributed by atoms with Gasteiger partial charge < -0.3 is 49.7 Å². The molecule has 0 radical (unpaired) electrons. The summed E-state index contributed by atoms with van der Waals surface area (Å²) >= 11 is 0. The molecule has 0 saturated heterocycles. The van der Waals surface area contributed by atoms with E-state index in [9.17, 15) is 58.9 Å². The number of carbonyl (C=O) groups is 2. The van der Waals surface area contributed by atoms with E-state index < -0.39 is 89.6 Å². The van der Waals surface area contributed by atoms with Crippen LogP contribution < -0.4 is 0 Å². The third-order valence-electron chi connectivity index (χ3n) is 10.7. The van der Waals surface area contributed by atoms with Gasteiger partial charge in [-0.3, -0.25) is 23.2 Å². The Morgan fingerprint density at radius 1 is 0.576 bits per heavy atom. The maximum Gasteiger partial charge on any atom is 0.472 e. The minimum Gasteiger partial charge on any atom is -0.462 e. The lowest BCUT2D eigenvalue weighted by molar-refractivity contribution is -0.216. The molecule has 19 heteroatoms. The Bertz CT molecular complexity index is 1530. The lowest BCUT2D eigenvalue weighted by Gasteiger charge is -2.43. The fraction of sp³-hybridized carbons (Fsp3) is 0.745. The van der Waals surface area contributed by atoms with Crippen molar-refractivity contribution < 1.29 is 82.0 Å². The van der Waals surface area contributed by atoms with Crippen molar-refractivity contribution in [3.63, 3.8) is 0 Å². The van der Waals surface area contributed by atoms with Gasteiger partial charge in [-0.15, -0.1) is 0 Å². The van der Waals surface area contributed by atoms with E-state index in [1.165, 1.54) is 57.8 Å². The number of aliphatic hydroxyl groups excluding tert-OH is 5. The standard InChI is InChI=1S/C47H82O17P2/c1-3-5-7-9-11-13-14-15-16-17-18-20-22-26-30-34-40(49)60-36-39(37-61-66(58,59)64-47-44(53)42(51)43(52)46(45(47)54)63-65(55,56)57)62-41(50)35-31-27-23-25-29-33-38(48)32-28-24-21-19-12-10-8-6-4-2/h5,7,12,19,23-25,28-29,33,38-39,42-48,51-54H,3-4,6,8-11,13-18,20-22,26-27,30-32,34-37H2,1-2H3,(H,58,59)(H2,55,56,57)/b7-5-,19-12-,25-23+,28-24-,33-29-/t38?,39-,42?,43?,44?,45?,46-,47+/m1/s1. The van der Waals surface area contributed by atoms with Gasteiger partial charge in [0.1, 0.15) is 43.2 Å². The van der Waals surface area contributed by atoms with Gasteiger partial charge in [-0.1, -0.05) is 145 Å². The first-order chi connectivity index (χ1) is 31.5. The Kier molecular flexibility index (Phi) is 35.1. The van der Waals surface area contributed by atoms with E-state index in [4.69, 9.17) is 18.5 Å².